The second-order valence-corrected chi connectivity index (χ2v) is 6.47. The van der Waals surface area contributed by atoms with Crippen LogP contribution in [0.2, 0.25) is 0 Å². The van der Waals surface area contributed by atoms with Gasteiger partial charge in [-0.15, -0.1) is 11.8 Å². The summed E-state index contributed by atoms with van der Waals surface area (Å²) in [5.41, 5.74) is 1.34. The Morgan fingerprint density at radius 1 is 1.32 bits per heavy atom. The lowest BCUT2D eigenvalue weighted by Gasteiger charge is -2.27. The van der Waals surface area contributed by atoms with Crippen LogP contribution in [0.4, 0.5) is 0 Å². The predicted molar refractivity (Wildman–Crippen MR) is 82.6 cm³/mol. The van der Waals surface area contributed by atoms with Crippen LogP contribution in [0.25, 0.3) is 0 Å². The normalized spacial score (nSPS) is 25.2. The van der Waals surface area contributed by atoms with E-state index in [1.165, 1.54) is 23.3 Å². The van der Waals surface area contributed by atoms with Gasteiger partial charge in [0.15, 0.2) is 0 Å². The SMILES string of the molecule is CSc1ccc(C(C)NCC2CCCC(O)C2)cc1. The maximum Gasteiger partial charge on any atom is 0.0543 e. The van der Waals surface area contributed by atoms with Crippen molar-refractivity contribution in [3.8, 4) is 0 Å². The number of benzene rings is 1. The molecule has 0 heterocycles. The van der Waals surface area contributed by atoms with Crippen molar-refractivity contribution in [2.45, 2.75) is 49.6 Å². The first-order valence-corrected chi connectivity index (χ1v) is 8.47. The zero-order valence-electron chi connectivity index (χ0n) is 11.9. The van der Waals surface area contributed by atoms with Crippen molar-refractivity contribution in [3.63, 3.8) is 0 Å². The zero-order valence-corrected chi connectivity index (χ0v) is 12.7. The van der Waals surface area contributed by atoms with Crippen molar-refractivity contribution < 1.29 is 5.11 Å². The Labute approximate surface area is 121 Å². The van der Waals surface area contributed by atoms with Crippen molar-refractivity contribution in [1.82, 2.24) is 5.32 Å². The molecule has 0 bridgehead atoms. The fourth-order valence-corrected chi connectivity index (χ4v) is 3.21. The standard InChI is InChI=1S/C16H25NOS/c1-12(14-6-8-16(19-2)9-7-14)17-11-13-4-3-5-15(18)10-13/h6-9,12-13,15,17-18H,3-5,10-11H2,1-2H3. The van der Waals surface area contributed by atoms with Crippen molar-refractivity contribution in [2.75, 3.05) is 12.8 Å². The van der Waals surface area contributed by atoms with Crippen molar-refractivity contribution in [2.24, 2.45) is 5.92 Å². The monoisotopic (exact) mass is 279 g/mol. The van der Waals surface area contributed by atoms with E-state index in [4.69, 9.17) is 0 Å². The molecule has 0 spiro atoms. The lowest BCUT2D eigenvalue weighted by molar-refractivity contribution is 0.0998. The molecular formula is C16H25NOS. The highest BCUT2D eigenvalue weighted by Gasteiger charge is 2.20. The van der Waals surface area contributed by atoms with Crippen molar-refractivity contribution in [1.29, 1.82) is 0 Å². The number of hydrogen-bond acceptors (Lipinski definition) is 3. The van der Waals surface area contributed by atoms with Gasteiger partial charge in [0.25, 0.3) is 0 Å². The van der Waals surface area contributed by atoms with Gasteiger partial charge in [-0.05, 0) is 62.6 Å². The van der Waals surface area contributed by atoms with E-state index in [-0.39, 0.29) is 6.10 Å². The molecule has 1 saturated carbocycles. The minimum Gasteiger partial charge on any atom is -0.393 e. The van der Waals surface area contributed by atoms with Gasteiger partial charge in [0.1, 0.15) is 0 Å². The van der Waals surface area contributed by atoms with Gasteiger partial charge in [-0.3, -0.25) is 0 Å². The van der Waals surface area contributed by atoms with E-state index < -0.39 is 0 Å². The molecule has 1 aromatic rings. The summed E-state index contributed by atoms with van der Waals surface area (Å²) in [6.07, 6.45) is 6.40. The molecule has 1 aliphatic carbocycles. The van der Waals surface area contributed by atoms with Gasteiger partial charge in [0.05, 0.1) is 6.10 Å². The summed E-state index contributed by atoms with van der Waals surface area (Å²) in [5.74, 6) is 0.636. The smallest absolute Gasteiger partial charge is 0.0543 e. The molecular weight excluding hydrogens is 254 g/mol. The second-order valence-electron chi connectivity index (χ2n) is 5.59. The first-order chi connectivity index (χ1) is 9.19. The number of rotatable bonds is 5. The average molecular weight is 279 g/mol. The van der Waals surface area contributed by atoms with Crippen LogP contribution >= 0.6 is 11.8 Å². The Balaban J connectivity index is 1.81. The van der Waals surface area contributed by atoms with E-state index in [0.29, 0.717) is 12.0 Å². The van der Waals surface area contributed by atoms with E-state index >= 15 is 0 Å². The third kappa shape index (κ3) is 4.51. The summed E-state index contributed by atoms with van der Waals surface area (Å²) in [6, 6.07) is 9.17. The van der Waals surface area contributed by atoms with Gasteiger partial charge >= 0.3 is 0 Å². The van der Waals surface area contributed by atoms with Crippen LogP contribution in [0.5, 0.6) is 0 Å². The van der Waals surface area contributed by atoms with Crippen LogP contribution in [0.3, 0.4) is 0 Å². The summed E-state index contributed by atoms with van der Waals surface area (Å²) >= 11 is 1.78. The van der Waals surface area contributed by atoms with Gasteiger partial charge in [0, 0.05) is 10.9 Å². The number of aliphatic hydroxyl groups is 1. The van der Waals surface area contributed by atoms with E-state index in [0.717, 1.165) is 19.4 Å². The Kier molecular flexibility index (Phi) is 5.74. The highest BCUT2D eigenvalue weighted by atomic mass is 32.2. The van der Waals surface area contributed by atoms with Crippen LogP contribution < -0.4 is 5.32 Å². The molecule has 3 atom stereocenters. The summed E-state index contributed by atoms with van der Waals surface area (Å²) < 4.78 is 0. The van der Waals surface area contributed by atoms with Gasteiger partial charge in [0.2, 0.25) is 0 Å². The molecule has 2 rings (SSSR count). The van der Waals surface area contributed by atoms with Crippen LogP contribution in [0, 0.1) is 5.92 Å². The van der Waals surface area contributed by atoms with Gasteiger partial charge in [-0.2, -0.15) is 0 Å². The van der Waals surface area contributed by atoms with Gasteiger partial charge in [-0.1, -0.05) is 18.6 Å². The predicted octanol–water partition coefficient (Wildman–Crippen LogP) is 3.61. The maximum absolute atomic E-state index is 9.69. The molecule has 1 aromatic carbocycles. The topological polar surface area (TPSA) is 32.3 Å². The van der Waals surface area contributed by atoms with Crippen molar-refractivity contribution in [3.05, 3.63) is 29.8 Å². The highest BCUT2D eigenvalue weighted by molar-refractivity contribution is 7.98. The molecule has 106 valence electrons. The molecule has 0 saturated heterocycles. The van der Waals surface area contributed by atoms with Crippen molar-refractivity contribution >= 4 is 11.8 Å². The maximum atomic E-state index is 9.69. The van der Waals surface area contributed by atoms with E-state index in [9.17, 15) is 5.11 Å². The number of nitrogens with one attached hydrogen (secondary N) is 1. The van der Waals surface area contributed by atoms with Gasteiger partial charge < -0.3 is 10.4 Å². The summed E-state index contributed by atoms with van der Waals surface area (Å²) in [7, 11) is 0. The number of hydrogen-bond donors (Lipinski definition) is 2. The van der Waals surface area contributed by atoms with Gasteiger partial charge in [-0.25, -0.2) is 0 Å². The first-order valence-electron chi connectivity index (χ1n) is 7.24. The molecule has 0 aliphatic heterocycles. The third-order valence-corrected chi connectivity index (χ3v) is 4.83. The fourth-order valence-electron chi connectivity index (χ4n) is 2.80. The Hall–Kier alpha value is -0.510. The molecule has 0 amide bonds. The van der Waals surface area contributed by atoms with Crippen LogP contribution in [-0.4, -0.2) is 24.0 Å². The first kappa shape index (κ1) is 14.9. The third-order valence-electron chi connectivity index (χ3n) is 4.08. The number of aliphatic hydroxyl groups excluding tert-OH is 1. The van der Waals surface area contributed by atoms with E-state index in [1.54, 1.807) is 11.8 Å². The quantitative estimate of drug-likeness (QED) is 0.808. The zero-order chi connectivity index (χ0) is 13.7. The molecule has 0 aromatic heterocycles. The highest BCUT2D eigenvalue weighted by Crippen LogP contribution is 2.25. The molecule has 2 N–H and O–H groups in total. The molecule has 2 nitrogen and oxygen atoms in total. The van der Waals surface area contributed by atoms with E-state index in [2.05, 4.69) is 42.8 Å². The second kappa shape index (κ2) is 7.32. The minimum absolute atomic E-state index is 0.0725. The molecule has 3 heteroatoms. The van der Waals surface area contributed by atoms with Crippen LogP contribution in [0.1, 0.15) is 44.2 Å². The fraction of sp³-hybridized carbons (Fsp3) is 0.625. The minimum atomic E-state index is -0.0725. The summed E-state index contributed by atoms with van der Waals surface area (Å²) in [6.45, 7) is 3.23. The summed E-state index contributed by atoms with van der Waals surface area (Å²) in [5, 5.41) is 13.3. The Bertz CT molecular complexity index is 379. The van der Waals surface area contributed by atoms with E-state index in [1.807, 2.05) is 0 Å². The lowest BCUT2D eigenvalue weighted by Crippen LogP contribution is -2.30. The Morgan fingerprint density at radius 2 is 2.05 bits per heavy atom. The molecule has 3 unspecified atom stereocenters. The summed E-state index contributed by atoms with van der Waals surface area (Å²) in [4.78, 5) is 1.31. The average Bonchev–Trinajstić information content (AvgIpc) is 2.45. The molecule has 19 heavy (non-hydrogen) atoms. The lowest BCUT2D eigenvalue weighted by atomic mass is 9.87. The number of thioether (sulfide) groups is 1. The van der Waals surface area contributed by atoms with Crippen LogP contribution in [-0.2, 0) is 0 Å². The largest absolute Gasteiger partial charge is 0.393 e. The van der Waals surface area contributed by atoms with Crippen LogP contribution in [0.15, 0.2) is 29.2 Å². The molecule has 0 radical (unpaired) electrons. The molecule has 1 fully saturated rings. The molecule has 1 aliphatic rings. The Morgan fingerprint density at radius 3 is 2.68 bits per heavy atom.